The molecule has 0 amide bonds. The van der Waals surface area contributed by atoms with Gasteiger partial charge in [0, 0.05) is 16.9 Å². The van der Waals surface area contributed by atoms with Crippen LogP contribution < -0.4 is 0 Å². The van der Waals surface area contributed by atoms with Crippen LogP contribution in [0.3, 0.4) is 0 Å². The average molecular weight is 250 g/mol. The molecule has 0 aromatic carbocycles. The van der Waals surface area contributed by atoms with Crippen molar-refractivity contribution in [3.05, 3.63) is 11.6 Å². The van der Waals surface area contributed by atoms with Crippen LogP contribution in [0.5, 0.6) is 0 Å². The number of ketones is 1. The zero-order valence-corrected chi connectivity index (χ0v) is 11.6. The predicted molar refractivity (Wildman–Crippen MR) is 68.0 cm³/mol. The summed E-state index contributed by atoms with van der Waals surface area (Å²) in [7, 11) is 0. The lowest BCUT2D eigenvalue weighted by Crippen LogP contribution is -2.55. The van der Waals surface area contributed by atoms with Crippen molar-refractivity contribution >= 4 is 5.78 Å². The van der Waals surface area contributed by atoms with E-state index in [9.17, 15) is 9.90 Å². The monoisotopic (exact) mass is 250 g/mol. The molecular weight excluding hydrogens is 228 g/mol. The molecule has 18 heavy (non-hydrogen) atoms. The Bertz CT molecular complexity index is 432. The number of carbonyl (C=O) groups is 1. The first-order chi connectivity index (χ1) is 8.28. The molecule has 1 saturated heterocycles. The molecule has 5 atom stereocenters. The van der Waals surface area contributed by atoms with E-state index in [4.69, 9.17) is 4.74 Å². The lowest BCUT2D eigenvalue weighted by Gasteiger charge is -2.51. The van der Waals surface area contributed by atoms with Crippen molar-refractivity contribution in [1.29, 1.82) is 0 Å². The third-order valence-corrected chi connectivity index (χ3v) is 5.34. The largest absolute Gasteiger partial charge is 0.390 e. The lowest BCUT2D eigenvalue weighted by molar-refractivity contribution is -0.123. The third-order valence-electron chi connectivity index (χ3n) is 5.34. The van der Waals surface area contributed by atoms with Crippen molar-refractivity contribution in [2.75, 3.05) is 0 Å². The number of rotatable bonds is 1. The minimum atomic E-state index is -0.820. The average Bonchev–Trinajstić information content (AvgIpc) is 2.99. The highest BCUT2D eigenvalue weighted by molar-refractivity contribution is 6.03. The Hall–Kier alpha value is -0.670. The summed E-state index contributed by atoms with van der Waals surface area (Å²) >= 11 is 0. The van der Waals surface area contributed by atoms with E-state index in [2.05, 4.69) is 19.9 Å². The fourth-order valence-corrected chi connectivity index (χ4v) is 4.32. The molecule has 0 spiro atoms. The number of fused-ring (bicyclic) bond motifs is 2. The van der Waals surface area contributed by atoms with Gasteiger partial charge in [0.2, 0.25) is 0 Å². The van der Waals surface area contributed by atoms with E-state index in [-0.39, 0.29) is 29.3 Å². The molecule has 1 aliphatic heterocycles. The summed E-state index contributed by atoms with van der Waals surface area (Å²) in [6.07, 6.45) is 3.76. The van der Waals surface area contributed by atoms with E-state index in [1.807, 2.05) is 13.8 Å². The first-order valence-electron chi connectivity index (χ1n) is 6.90. The van der Waals surface area contributed by atoms with Gasteiger partial charge in [-0.05, 0) is 32.6 Å². The Balaban J connectivity index is 2.13. The van der Waals surface area contributed by atoms with E-state index in [1.165, 1.54) is 0 Å². The first kappa shape index (κ1) is 12.4. The summed E-state index contributed by atoms with van der Waals surface area (Å²) in [4.78, 5) is 12.3. The Morgan fingerprint density at radius 2 is 2.17 bits per heavy atom. The van der Waals surface area contributed by atoms with Crippen LogP contribution in [-0.4, -0.2) is 28.7 Å². The van der Waals surface area contributed by atoms with E-state index < -0.39 is 5.60 Å². The predicted octanol–water partition coefficient (Wildman–Crippen LogP) is 2.09. The maximum atomic E-state index is 12.3. The van der Waals surface area contributed by atoms with Crippen molar-refractivity contribution < 1.29 is 14.6 Å². The van der Waals surface area contributed by atoms with Crippen LogP contribution in [0, 0.1) is 17.3 Å². The highest BCUT2D eigenvalue weighted by atomic mass is 16.6. The lowest BCUT2D eigenvalue weighted by atomic mass is 9.52. The van der Waals surface area contributed by atoms with Gasteiger partial charge in [-0.15, -0.1) is 0 Å². The van der Waals surface area contributed by atoms with Gasteiger partial charge in [-0.3, -0.25) is 4.79 Å². The second-order valence-corrected chi connectivity index (χ2v) is 6.90. The van der Waals surface area contributed by atoms with Crippen molar-refractivity contribution in [2.24, 2.45) is 17.3 Å². The van der Waals surface area contributed by atoms with Crippen LogP contribution >= 0.6 is 0 Å². The quantitative estimate of drug-likeness (QED) is 0.725. The summed E-state index contributed by atoms with van der Waals surface area (Å²) < 4.78 is 5.58. The number of epoxide rings is 1. The zero-order valence-electron chi connectivity index (χ0n) is 11.6. The number of aliphatic hydroxyl groups is 1. The van der Waals surface area contributed by atoms with Gasteiger partial charge in [-0.2, -0.15) is 0 Å². The molecule has 1 saturated carbocycles. The second kappa shape index (κ2) is 3.45. The summed E-state index contributed by atoms with van der Waals surface area (Å²) in [6.45, 7) is 8.02. The molecule has 0 aromatic heterocycles. The smallest absolute Gasteiger partial charge is 0.190 e. The zero-order chi connectivity index (χ0) is 13.3. The van der Waals surface area contributed by atoms with Crippen molar-refractivity contribution in [1.82, 2.24) is 0 Å². The van der Waals surface area contributed by atoms with Gasteiger partial charge >= 0.3 is 0 Å². The van der Waals surface area contributed by atoms with Gasteiger partial charge in [0.15, 0.2) is 5.78 Å². The fraction of sp³-hybridized carbons (Fsp3) is 0.800. The van der Waals surface area contributed by atoms with Crippen molar-refractivity contribution in [3.63, 3.8) is 0 Å². The molecule has 3 nitrogen and oxygen atoms in total. The Morgan fingerprint density at radius 3 is 2.78 bits per heavy atom. The number of hydrogen-bond donors (Lipinski definition) is 1. The molecule has 100 valence electrons. The highest BCUT2D eigenvalue weighted by Crippen LogP contribution is 2.60. The molecule has 2 aliphatic carbocycles. The summed E-state index contributed by atoms with van der Waals surface area (Å²) in [6, 6.07) is 0. The summed E-state index contributed by atoms with van der Waals surface area (Å²) in [5.74, 6) is 0.576. The topological polar surface area (TPSA) is 49.8 Å². The van der Waals surface area contributed by atoms with Crippen LogP contribution in [0.2, 0.25) is 0 Å². The van der Waals surface area contributed by atoms with Gasteiger partial charge in [0.25, 0.3) is 0 Å². The highest BCUT2D eigenvalue weighted by Gasteiger charge is 2.67. The third kappa shape index (κ3) is 1.41. The Morgan fingerprint density at radius 1 is 1.50 bits per heavy atom. The maximum absolute atomic E-state index is 12.3. The fourth-order valence-electron chi connectivity index (χ4n) is 4.32. The number of allylic oxidation sites excluding steroid dienone is 1. The minimum absolute atomic E-state index is 0.00856. The van der Waals surface area contributed by atoms with Gasteiger partial charge in [0.1, 0.15) is 6.10 Å². The van der Waals surface area contributed by atoms with Crippen LogP contribution in [0.4, 0.5) is 0 Å². The van der Waals surface area contributed by atoms with Crippen molar-refractivity contribution in [3.8, 4) is 0 Å². The Labute approximate surface area is 108 Å². The molecule has 0 bridgehead atoms. The van der Waals surface area contributed by atoms with Gasteiger partial charge in [-0.1, -0.05) is 19.9 Å². The summed E-state index contributed by atoms with van der Waals surface area (Å²) in [5, 5.41) is 10.5. The van der Waals surface area contributed by atoms with Gasteiger partial charge in [0.05, 0.1) is 11.7 Å². The van der Waals surface area contributed by atoms with Crippen LogP contribution in [0.15, 0.2) is 11.6 Å². The molecule has 3 aliphatic rings. The molecule has 0 aromatic rings. The minimum Gasteiger partial charge on any atom is -0.390 e. The van der Waals surface area contributed by atoms with Crippen LogP contribution in [0.25, 0.3) is 0 Å². The van der Waals surface area contributed by atoms with Crippen molar-refractivity contribution in [2.45, 2.75) is 58.3 Å². The molecule has 0 radical (unpaired) electrons. The molecule has 1 N–H and O–H groups in total. The van der Waals surface area contributed by atoms with E-state index >= 15 is 0 Å². The summed E-state index contributed by atoms with van der Waals surface area (Å²) in [5.41, 5.74) is -0.155. The van der Waals surface area contributed by atoms with Gasteiger partial charge in [-0.25, -0.2) is 0 Å². The standard InChI is InChI=1S/C15H22O3/c1-8-6-5-7-9-10(16)11-12(18-11)13(14(2,3)17)15(8,9)4/h7-8,11-13,17H,5-6H2,1-4H3/t8-,11-,12-,13-,15+/m1/s1. The number of hydrogen-bond acceptors (Lipinski definition) is 3. The van der Waals surface area contributed by atoms with E-state index in [0.29, 0.717) is 5.92 Å². The Kier molecular flexibility index (Phi) is 2.37. The molecule has 2 fully saturated rings. The number of Topliss-reactive ketones (excluding diaryl/α,β-unsaturated/α-hetero) is 1. The number of carbonyl (C=O) groups excluding carboxylic acids is 1. The first-order valence-corrected chi connectivity index (χ1v) is 6.90. The van der Waals surface area contributed by atoms with E-state index in [1.54, 1.807) is 0 Å². The molecule has 1 heterocycles. The molecule has 3 rings (SSSR count). The number of ether oxygens (including phenoxy) is 1. The SMILES string of the molecule is C[C@@H]1CCC=C2C(=O)[C@H]3O[C@H]3[C@H](C(C)(C)O)[C@]21C. The molecular formula is C15H22O3. The second-order valence-electron chi connectivity index (χ2n) is 6.90. The molecule has 3 heteroatoms. The van der Waals surface area contributed by atoms with Crippen LogP contribution in [-0.2, 0) is 9.53 Å². The van der Waals surface area contributed by atoms with Crippen LogP contribution in [0.1, 0.15) is 40.5 Å². The molecule has 0 unspecified atom stereocenters. The van der Waals surface area contributed by atoms with Gasteiger partial charge < -0.3 is 9.84 Å². The van der Waals surface area contributed by atoms with E-state index in [0.717, 1.165) is 18.4 Å². The maximum Gasteiger partial charge on any atom is 0.190 e. The normalized spacial score (nSPS) is 47.2.